The summed E-state index contributed by atoms with van der Waals surface area (Å²) in [7, 11) is 0. The zero-order valence-electron chi connectivity index (χ0n) is 21.8. The zero-order valence-corrected chi connectivity index (χ0v) is 21.8. The fourth-order valence-corrected chi connectivity index (χ4v) is 5.07. The van der Waals surface area contributed by atoms with Crippen molar-refractivity contribution in [3.8, 4) is 56.4 Å². The Morgan fingerprint density at radius 2 is 0.675 bits per heavy atom. The second-order valence-electron chi connectivity index (χ2n) is 9.72. The zero-order chi connectivity index (χ0) is 26.7. The smallest absolute Gasteiger partial charge is 0.164 e. The maximum atomic E-state index is 4.93. The molecule has 0 aliphatic heterocycles. The highest BCUT2D eigenvalue weighted by Gasteiger charge is 2.13. The lowest BCUT2D eigenvalue weighted by molar-refractivity contribution is 1.07. The van der Waals surface area contributed by atoms with Crippen LogP contribution in [0.4, 0.5) is 0 Å². The highest BCUT2D eigenvalue weighted by atomic mass is 15.0. The van der Waals surface area contributed by atoms with Gasteiger partial charge in [0.05, 0.1) is 0 Å². The number of hydrogen-bond donors (Lipinski definition) is 0. The van der Waals surface area contributed by atoms with Gasteiger partial charge in [-0.2, -0.15) is 0 Å². The summed E-state index contributed by atoms with van der Waals surface area (Å²) in [5.41, 5.74) is 7.57. The van der Waals surface area contributed by atoms with Crippen LogP contribution >= 0.6 is 0 Å². The number of rotatable bonds is 5. The van der Waals surface area contributed by atoms with Gasteiger partial charge in [0.2, 0.25) is 0 Å². The van der Waals surface area contributed by atoms with Crippen molar-refractivity contribution < 1.29 is 0 Å². The molecule has 188 valence electrons. The molecule has 0 saturated heterocycles. The summed E-state index contributed by atoms with van der Waals surface area (Å²) in [4.78, 5) is 14.7. The molecular formula is C37H25N3. The first-order valence-corrected chi connectivity index (χ1v) is 13.4. The minimum absolute atomic E-state index is 0.653. The van der Waals surface area contributed by atoms with Gasteiger partial charge >= 0.3 is 0 Å². The molecule has 1 heterocycles. The van der Waals surface area contributed by atoms with Crippen molar-refractivity contribution in [1.29, 1.82) is 0 Å². The van der Waals surface area contributed by atoms with E-state index in [0.717, 1.165) is 27.8 Å². The van der Waals surface area contributed by atoms with Crippen molar-refractivity contribution in [3.05, 3.63) is 152 Å². The lowest BCUT2D eigenvalue weighted by atomic mass is 9.97. The second-order valence-corrected chi connectivity index (χ2v) is 9.72. The van der Waals surface area contributed by atoms with Gasteiger partial charge in [0.15, 0.2) is 17.5 Å². The van der Waals surface area contributed by atoms with Gasteiger partial charge in [-0.3, -0.25) is 0 Å². The van der Waals surface area contributed by atoms with Crippen LogP contribution in [0.1, 0.15) is 0 Å². The van der Waals surface area contributed by atoms with Crippen molar-refractivity contribution in [3.63, 3.8) is 0 Å². The molecule has 0 saturated carbocycles. The van der Waals surface area contributed by atoms with E-state index < -0.39 is 0 Å². The third kappa shape index (κ3) is 4.65. The average molecular weight is 512 g/mol. The van der Waals surface area contributed by atoms with Gasteiger partial charge < -0.3 is 0 Å². The van der Waals surface area contributed by atoms with E-state index in [1.54, 1.807) is 0 Å². The topological polar surface area (TPSA) is 38.7 Å². The van der Waals surface area contributed by atoms with E-state index in [9.17, 15) is 0 Å². The van der Waals surface area contributed by atoms with Crippen molar-refractivity contribution in [1.82, 2.24) is 15.0 Å². The van der Waals surface area contributed by atoms with Crippen LogP contribution < -0.4 is 0 Å². The summed E-state index contributed by atoms with van der Waals surface area (Å²) in [5.74, 6) is 1.97. The van der Waals surface area contributed by atoms with E-state index in [0.29, 0.717) is 17.5 Å². The van der Waals surface area contributed by atoms with E-state index >= 15 is 0 Å². The van der Waals surface area contributed by atoms with Crippen LogP contribution in [0.25, 0.3) is 67.2 Å². The first-order chi connectivity index (χ1) is 19.8. The Morgan fingerprint density at radius 3 is 1.27 bits per heavy atom. The van der Waals surface area contributed by atoms with E-state index in [1.807, 2.05) is 36.4 Å². The predicted octanol–water partition coefficient (Wildman–Crippen LogP) is 9.36. The fraction of sp³-hybridized carbons (Fsp3) is 0. The van der Waals surface area contributed by atoms with Crippen molar-refractivity contribution in [2.24, 2.45) is 0 Å². The molecule has 0 N–H and O–H groups in total. The number of aromatic nitrogens is 3. The molecule has 7 aromatic rings. The molecule has 0 aliphatic rings. The molecule has 0 unspecified atom stereocenters. The number of nitrogens with zero attached hydrogens (tertiary/aromatic N) is 3. The van der Waals surface area contributed by atoms with E-state index in [-0.39, 0.29) is 0 Å². The molecule has 0 atom stereocenters. The molecule has 3 heteroatoms. The van der Waals surface area contributed by atoms with Gasteiger partial charge in [-0.1, -0.05) is 152 Å². The Balaban J connectivity index is 1.29. The molecule has 0 bridgehead atoms. The maximum Gasteiger partial charge on any atom is 0.164 e. The van der Waals surface area contributed by atoms with Gasteiger partial charge in [-0.05, 0) is 33.0 Å². The maximum absolute atomic E-state index is 4.93. The van der Waals surface area contributed by atoms with Crippen molar-refractivity contribution >= 4 is 10.8 Å². The first-order valence-electron chi connectivity index (χ1n) is 13.4. The quantitative estimate of drug-likeness (QED) is 0.231. The van der Waals surface area contributed by atoms with Gasteiger partial charge in [-0.15, -0.1) is 0 Å². The van der Waals surface area contributed by atoms with Crippen molar-refractivity contribution in [2.75, 3.05) is 0 Å². The molecule has 0 aliphatic carbocycles. The number of fused-ring (bicyclic) bond motifs is 1. The summed E-state index contributed by atoms with van der Waals surface area (Å²) < 4.78 is 0. The van der Waals surface area contributed by atoms with E-state index in [4.69, 9.17) is 15.0 Å². The van der Waals surface area contributed by atoms with E-state index in [1.165, 1.54) is 21.9 Å². The molecule has 0 radical (unpaired) electrons. The van der Waals surface area contributed by atoms with Gasteiger partial charge in [0.25, 0.3) is 0 Å². The monoisotopic (exact) mass is 511 g/mol. The predicted molar refractivity (Wildman–Crippen MR) is 165 cm³/mol. The van der Waals surface area contributed by atoms with Gasteiger partial charge in [0, 0.05) is 16.7 Å². The Hall–Kier alpha value is -5.41. The molecule has 6 aromatic carbocycles. The standard InChI is InChI=1S/C37H25N3/c1-3-10-26(11-4-1)27-18-22-31(23-19-27)36-38-35(30-13-5-2-6-14-30)39-37(40-36)32-24-20-29(21-25-32)34-17-9-15-28-12-7-8-16-33(28)34/h1-25H. The van der Waals surface area contributed by atoms with Gasteiger partial charge in [0.1, 0.15) is 0 Å². The van der Waals surface area contributed by atoms with Crippen LogP contribution in [0, 0.1) is 0 Å². The number of hydrogen-bond acceptors (Lipinski definition) is 3. The Morgan fingerprint density at radius 1 is 0.275 bits per heavy atom. The van der Waals surface area contributed by atoms with Crippen LogP contribution in [0.2, 0.25) is 0 Å². The van der Waals surface area contributed by atoms with Crippen LogP contribution in [-0.2, 0) is 0 Å². The lowest BCUT2D eigenvalue weighted by Gasteiger charge is -2.10. The largest absolute Gasteiger partial charge is 0.208 e. The minimum atomic E-state index is 0.653. The molecule has 3 nitrogen and oxygen atoms in total. The summed E-state index contributed by atoms with van der Waals surface area (Å²) in [6.07, 6.45) is 0. The molecule has 0 amide bonds. The summed E-state index contributed by atoms with van der Waals surface area (Å²) >= 11 is 0. The minimum Gasteiger partial charge on any atom is -0.208 e. The van der Waals surface area contributed by atoms with Gasteiger partial charge in [-0.25, -0.2) is 15.0 Å². The lowest BCUT2D eigenvalue weighted by Crippen LogP contribution is -2.00. The highest BCUT2D eigenvalue weighted by Crippen LogP contribution is 2.31. The van der Waals surface area contributed by atoms with E-state index in [2.05, 4.69) is 115 Å². The Bertz CT molecular complexity index is 1910. The highest BCUT2D eigenvalue weighted by molar-refractivity contribution is 5.96. The molecule has 7 rings (SSSR count). The summed E-state index contributed by atoms with van der Waals surface area (Å²) in [5, 5.41) is 2.47. The van der Waals surface area contributed by atoms with Crippen LogP contribution in [0.5, 0.6) is 0 Å². The summed E-state index contributed by atoms with van der Waals surface area (Å²) in [6.45, 7) is 0. The Labute approximate surface area is 233 Å². The summed E-state index contributed by atoms with van der Waals surface area (Å²) in [6, 6.07) is 52.3. The third-order valence-corrected chi connectivity index (χ3v) is 7.16. The Kier molecular flexibility index (Phi) is 6.15. The molecular weight excluding hydrogens is 486 g/mol. The molecule has 0 spiro atoms. The first kappa shape index (κ1) is 23.7. The normalized spacial score (nSPS) is 11.0. The second kappa shape index (κ2) is 10.4. The SMILES string of the molecule is c1ccc(-c2ccc(-c3nc(-c4ccccc4)nc(-c4ccc(-c5cccc6ccccc56)cc4)n3)cc2)cc1. The molecule has 0 fully saturated rings. The van der Waals surface area contributed by atoms with Crippen LogP contribution in [0.3, 0.4) is 0 Å². The molecule has 1 aromatic heterocycles. The van der Waals surface area contributed by atoms with Crippen molar-refractivity contribution in [2.45, 2.75) is 0 Å². The third-order valence-electron chi connectivity index (χ3n) is 7.16. The molecule has 40 heavy (non-hydrogen) atoms. The number of benzene rings is 6. The van der Waals surface area contributed by atoms with Crippen LogP contribution in [-0.4, -0.2) is 15.0 Å². The average Bonchev–Trinajstić information content (AvgIpc) is 3.05. The fourth-order valence-electron chi connectivity index (χ4n) is 5.07. The van der Waals surface area contributed by atoms with Crippen LogP contribution in [0.15, 0.2) is 152 Å².